The quantitative estimate of drug-likeness (QED) is 0.0876. The van der Waals surface area contributed by atoms with Gasteiger partial charge in [-0.05, 0) is 74.8 Å². The standard InChI is InChI=1S/C31H40ClF3N2O6.C4H4O4/c1-18-25(29(38)40-2)26(22-5-3-7-23(28(22)32)31(33,34)35)27(24(37-18)17-42-16-15-41-14-12-36)30(39)43-13-4-6-21(19-8-9-19)20-10-11-20;5-3(6)1-2-4(7)8/h3,5,7,19-21,26,37H,4,6,8-17,36H2,1-2H3;1-2H,(H,5,6)(H,7,8)/t26-;/m1./s1. The Hall–Kier alpha value is -3.92. The molecule has 0 aromatic heterocycles. The molecule has 4 rings (SSSR count). The van der Waals surface area contributed by atoms with E-state index in [0.29, 0.717) is 37.6 Å². The van der Waals surface area contributed by atoms with E-state index in [1.807, 2.05) is 0 Å². The fourth-order valence-electron chi connectivity index (χ4n) is 6.02. The number of nitrogens with two attached hydrogens (primary N) is 1. The van der Waals surface area contributed by atoms with Crippen molar-refractivity contribution >= 4 is 35.5 Å². The number of aliphatic carboxylic acids is 2. The highest BCUT2D eigenvalue weighted by molar-refractivity contribution is 6.32. The number of hydrogen-bond donors (Lipinski definition) is 4. The van der Waals surface area contributed by atoms with Crippen molar-refractivity contribution in [3.05, 3.63) is 69.0 Å². The summed E-state index contributed by atoms with van der Waals surface area (Å²) < 4.78 is 63.4. The molecule has 2 aliphatic carbocycles. The zero-order chi connectivity index (χ0) is 37.7. The Morgan fingerprint density at radius 1 is 0.961 bits per heavy atom. The topological polar surface area (TPSA) is 184 Å². The van der Waals surface area contributed by atoms with Crippen LogP contribution in [0.2, 0.25) is 5.02 Å². The van der Waals surface area contributed by atoms with Gasteiger partial charge in [-0.1, -0.05) is 23.7 Å². The van der Waals surface area contributed by atoms with E-state index in [0.717, 1.165) is 31.4 Å². The number of halogens is 4. The lowest BCUT2D eigenvalue weighted by atomic mass is 9.79. The van der Waals surface area contributed by atoms with E-state index < -0.39 is 46.6 Å². The van der Waals surface area contributed by atoms with Crippen molar-refractivity contribution in [3.63, 3.8) is 0 Å². The van der Waals surface area contributed by atoms with Crippen molar-refractivity contribution in [2.75, 3.05) is 46.7 Å². The van der Waals surface area contributed by atoms with Crippen LogP contribution in [0.4, 0.5) is 13.2 Å². The van der Waals surface area contributed by atoms with E-state index >= 15 is 0 Å². The molecule has 12 nitrogen and oxygen atoms in total. The molecule has 51 heavy (non-hydrogen) atoms. The number of ether oxygens (including phenoxy) is 4. The third-order valence-corrected chi connectivity index (χ3v) is 8.96. The number of carboxylic acid groups (broad SMARTS) is 2. The predicted octanol–water partition coefficient (Wildman–Crippen LogP) is 5.21. The molecule has 1 atom stereocenters. The first-order valence-electron chi connectivity index (χ1n) is 16.5. The van der Waals surface area contributed by atoms with Crippen molar-refractivity contribution in [3.8, 4) is 0 Å². The monoisotopic (exact) mass is 744 g/mol. The first-order valence-corrected chi connectivity index (χ1v) is 16.9. The number of carboxylic acids is 2. The summed E-state index contributed by atoms with van der Waals surface area (Å²) in [5.41, 5.74) is 4.72. The maximum absolute atomic E-state index is 13.9. The Kier molecular flexibility index (Phi) is 16.0. The fraction of sp³-hybridized carbons (Fsp3) is 0.543. The summed E-state index contributed by atoms with van der Waals surface area (Å²) in [4.78, 5) is 46.0. The SMILES string of the molecule is COC(=O)C1=C(C)NC(COCCOCCN)=C(C(=O)OCCCC(C2CC2)C2CC2)[C@@H]1c1cccc(C(F)(F)F)c1Cl.O=C(O)C=CC(=O)O. The lowest BCUT2D eigenvalue weighted by Crippen LogP contribution is -2.35. The molecule has 1 aromatic rings. The molecule has 1 aliphatic heterocycles. The molecule has 282 valence electrons. The van der Waals surface area contributed by atoms with Crippen molar-refractivity contribution in [2.45, 2.75) is 57.5 Å². The van der Waals surface area contributed by atoms with Crippen LogP contribution in [0.15, 0.2) is 52.9 Å². The zero-order valence-electron chi connectivity index (χ0n) is 28.4. The number of carbonyl (C=O) groups excluding carboxylic acids is 2. The van der Waals surface area contributed by atoms with Crippen LogP contribution < -0.4 is 11.1 Å². The second-order valence-corrected chi connectivity index (χ2v) is 12.6. The van der Waals surface area contributed by atoms with E-state index in [1.165, 1.54) is 37.8 Å². The Morgan fingerprint density at radius 3 is 2.10 bits per heavy atom. The average molecular weight is 745 g/mol. The van der Waals surface area contributed by atoms with E-state index in [9.17, 15) is 32.3 Å². The maximum atomic E-state index is 13.9. The largest absolute Gasteiger partial charge is 0.478 e. The first kappa shape index (κ1) is 41.5. The van der Waals surface area contributed by atoms with Gasteiger partial charge < -0.3 is 40.2 Å². The number of dihydropyridines is 1. The highest BCUT2D eigenvalue weighted by Crippen LogP contribution is 2.51. The summed E-state index contributed by atoms with van der Waals surface area (Å²) in [6.45, 7) is 2.70. The van der Waals surface area contributed by atoms with Crippen LogP contribution in [-0.4, -0.2) is 80.8 Å². The van der Waals surface area contributed by atoms with Crippen molar-refractivity contribution in [1.29, 1.82) is 0 Å². The molecule has 3 aliphatic rings. The smallest absolute Gasteiger partial charge is 0.417 e. The Balaban J connectivity index is 0.000000783. The van der Waals surface area contributed by atoms with Crippen LogP contribution in [-0.2, 0) is 44.3 Å². The van der Waals surface area contributed by atoms with Crippen molar-refractivity contribution < 1.29 is 61.5 Å². The first-order chi connectivity index (χ1) is 24.2. The number of alkyl halides is 3. The van der Waals surface area contributed by atoms with Crippen molar-refractivity contribution in [1.82, 2.24) is 5.32 Å². The van der Waals surface area contributed by atoms with Gasteiger partial charge in [-0.2, -0.15) is 13.2 Å². The number of hydrogen-bond acceptors (Lipinski definition) is 10. The van der Waals surface area contributed by atoms with Gasteiger partial charge in [0.1, 0.15) is 0 Å². The minimum Gasteiger partial charge on any atom is -0.478 e. The third-order valence-electron chi connectivity index (χ3n) is 8.53. The second-order valence-electron chi connectivity index (χ2n) is 12.3. The molecule has 0 spiro atoms. The number of nitrogens with one attached hydrogen (secondary N) is 1. The zero-order valence-corrected chi connectivity index (χ0v) is 29.2. The van der Waals surface area contributed by atoms with Gasteiger partial charge >= 0.3 is 30.1 Å². The molecular weight excluding hydrogens is 701 g/mol. The van der Waals surface area contributed by atoms with Gasteiger partial charge in [-0.25, -0.2) is 19.2 Å². The number of carbonyl (C=O) groups is 4. The van der Waals surface area contributed by atoms with Gasteiger partial charge in [0, 0.05) is 24.4 Å². The molecule has 16 heteroatoms. The third kappa shape index (κ3) is 12.7. The Bertz CT molecular complexity index is 1470. The average Bonchev–Trinajstić information content (AvgIpc) is 4.00. The summed E-state index contributed by atoms with van der Waals surface area (Å²) in [7, 11) is 1.16. The van der Waals surface area contributed by atoms with Crippen LogP contribution in [0.3, 0.4) is 0 Å². The normalized spacial score (nSPS) is 17.6. The molecule has 0 radical (unpaired) electrons. The van der Waals surface area contributed by atoms with Gasteiger partial charge in [0.15, 0.2) is 0 Å². The summed E-state index contributed by atoms with van der Waals surface area (Å²) in [5, 5.41) is 18.0. The Labute approximate surface area is 298 Å². The predicted molar refractivity (Wildman–Crippen MR) is 178 cm³/mol. The number of methoxy groups -OCH3 is 1. The minimum absolute atomic E-state index is 0.0479. The van der Waals surface area contributed by atoms with Crippen LogP contribution in [0.1, 0.15) is 62.5 Å². The maximum Gasteiger partial charge on any atom is 0.417 e. The number of esters is 2. The van der Waals surface area contributed by atoms with Crippen LogP contribution in [0, 0.1) is 17.8 Å². The van der Waals surface area contributed by atoms with Crippen LogP contribution in [0.25, 0.3) is 0 Å². The molecule has 0 saturated heterocycles. The summed E-state index contributed by atoms with van der Waals surface area (Å²) >= 11 is 6.37. The van der Waals surface area contributed by atoms with Gasteiger partial charge in [0.05, 0.1) is 73.5 Å². The summed E-state index contributed by atoms with van der Waals surface area (Å²) in [5.74, 6) is -3.24. The van der Waals surface area contributed by atoms with E-state index in [1.54, 1.807) is 6.92 Å². The summed E-state index contributed by atoms with van der Waals surface area (Å²) in [6.07, 6.45) is 2.98. The number of benzene rings is 1. The highest BCUT2D eigenvalue weighted by Gasteiger charge is 2.43. The second kappa shape index (κ2) is 19.6. The number of rotatable bonds is 18. The van der Waals surface area contributed by atoms with Gasteiger partial charge in [-0.15, -0.1) is 0 Å². The van der Waals surface area contributed by atoms with Gasteiger partial charge in [-0.3, -0.25) is 0 Å². The molecule has 1 heterocycles. The molecule has 1 aromatic carbocycles. The fourth-order valence-corrected chi connectivity index (χ4v) is 6.36. The van der Waals surface area contributed by atoms with Gasteiger partial charge in [0.25, 0.3) is 0 Å². The number of allylic oxidation sites excluding steroid dienone is 1. The van der Waals surface area contributed by atoms with E-state index in [-0.39, 0.29) is 54.5 Å². The minimum atomic E-state index is -4.76. The molecule has 2 fully saturated rings. The lowest BCUT2D eigenvalue weighted by Gasteiger charge is -2.32. The molecule has 0 amide bonds. The molecule has 0 unspecified atom stereocenters. The molecule has 0 bridgehead atoms. The highest BCUT2D eigenvalue weighted by atomic mass is 35.5. The van der Waals surface area contributed by atoms with E-state index in [4.69, 9.17) is 46.5 Å². The van der Waals surface area contributed by atoms with Crippen LogP contribution in [0.5, 0.6) is 0 Å². The summed E-state index contributed by atoms with van der Waals surface area (Å²) in [6, 6.07) is 3.41. The van der Waals surface area contributed by atoms with Crippen molar-refractivity contribution in [2.24, 2.45) is 23.5 Å². The Morgan fingerprint density at radius 2 is 1.57 bits per heavy atom. The lowest BCUT2D eigenvalue weighted by molar-refractivity contribution is -0.140. The van der Waals surface area contributed by atoms with Crippen LogP contribution >= 0.6 is 11.6 Å². The van der Waals surface area contributed by atoms with E-state index in [2.05, 4.69) is 5.32 Å². The molecule has 5 N–H and O–H groups in total. The molecular formula is C35H44ClF3N2O10. The van der Waals surface area contributed by atoms with Gasteiger partial charge in [0.2, 0.25) is 0 Å². The molecule has 2 saturated carbocycles.